The number of halogens is 1. The maximum Gasteiger partial charge on any atom is 0.265 e. The van der Waals surface area contributed by atoms with Crippen LogP contribution in [0.3, 0.4) is 0 Å². The highest BCUT2D eigenvalue weighted by atomic mass is 79.9. The molecule has 23 heavy (non-hydrogen) atoms. The van der Waals surface area contributed by atoms with Gasteiger partial charge in [0.25, 0.3) is 10.0 Å². The molecular weight excluding hydrogens is 382 g/mol. The largest absolute Gasteiger partial charge is 0.463 e. The minimum Gasteiger partial charge on any atom is -0.463 e. The van der Waals surface area contributed by atoms with Crippen molar-refractivity contribution in [3.63, 3.8) is 0 Å². The highest BCUT2D eigenvalue weighted by Crippen LogP contribution is 2.31. The van der Waals surface area contributed by atoms with Gasteiger partial charge in [0.2, 0.25) is 0 Å². The van der Waals surface area contributed by atoms with Crippen LogP contribution in [-0.2, 0) is 10.0 Å². The summed E-state index contributed by atoms with van der Waals surface area (Å²) >= 11 is 3.34. The maximum atomic E-state index is 12.6. The standard InChI is InChI=1S/C15H18BrN3O3S/c1-9-7-13(18-17-9)14-8-15(10(2)22-14)23(20,21)19-12-6-4-3-5-11(12)16/h3-6,8-9,13,17-19H,7H2,1-2H3. The Labute approximate surface area is 143 Å². The molecular formula is C15H18BrN3O3S. The fourth-order valence-electron chi connectivity index (χ4n) is 2.57. The van der Waals surface area contributed by atoms with Gasteiger partial charge in [0.15, 0.2) is 0 Å². The third-order valence-electron chi connectivity index (χ3n) is 3.74. The average molecular weight is 400 g/mol. The van der Waals surface area contributed by atoms with Crippen molar-refractivity contribution in [2.75, 3.05) is 4.72 Å². The molecule has 0 spiro atoms. The van der Waals surface area contributed by atoms with E-state index < -0.39 is 10.0 Å². The molecule has 1 fully saturated rings. The zero-order valence-electron chi connectivity index (χ0n) is 12.8. The number of hydrogen-bond donors (Lipinski definition) is 3. The number of para-hydroxylation sites is 1. The first-order valence-corrected chi connectivity index (χ1v) is 9.53. The number of hydrogen-bond acceptors (Lipinski definition) is 5. The van der Waals surface area contributed by atoms with E-state index in [9.17, 15) is 8.42 Å². The second-order valence-electron chi connectivity index (χ2n) is 5.63. The summed E-state index contributed by atoms with van der Waals surface area (Å²) in [6.45, 7) is 3.71. The van der Waals surface area contributed by atoms with Gasteiger partial charge in [-0.15, -0.1) is 0 Å². The fourth-order valence-corrected chi connectivity index (χ4v) is 4.36. The van der Waals surface area contributed by atoms with Crippen LogP contribution < -0.4 is 15.6 Å². The topological polar surface area (TPSA) is 83.4 Å². The zero-order chi connectivity index (χ0) is 16.6. The van der Waals surface area contributed by atoms with Crippen LogP contribution >= 0.6 is 15.9 Å². The van der Waals surface area contributed by atoms with Crippen molar-refractivity contribution < 1.29 is 12.8 Å². The van der Waals surface area contributed by atoms with E-state index in [1.54, 1.807) is 31.2 Å². The first kappa shape index (κ1) is 16.5. The highest BCUT2D eigenvalue weighted by molar-refractivity contribution is 9.10. The van der Waals surface area contributed by atoms with Gasteiger partial charge in [-0.3, -0.25) is 10.1 Å². The van der Waals surface area contributed by atoms with Crippen molar-refractivity contribution in [1.29, 1.82) is 0 Å². The van der Waals surface area contributed by atoms with Gasteiger partial charge in [-0.1, -0.05) is 12.1 Å². The Balaban J connectivity index is 1.88. The Kier molecular flexibility index (Phi) is 4.50. The summed E-state index contributed by atoms with van der Waals surface area (Å²) in [6.07, 6.45) is 0.837. The molecule has 2 atom stereocenters. The Morgan fingerprint density at radius 3 is 2.70 bits per heavy atom. The molecule has 0 bridgehead atoms. The molecule has 2 heterocycles. The van der Waals surface area contributed by atoms with Gasteiger partial charge >= 0.3 is 0 Å². The lowest BCUT2D eigenvalue weighted by molar-refractivity contribution is 0.416. The minimum absolute atomic E-state index is 0.0314. The van der Waals surface area contributed by atoms with Gasteiger partial charge in [0.05, 0.1) is 11.7 Å². The molecule has 6 nitrogen and oxygen atoms in total. The summed E-state index contributed by atoms with van der Waals surface area (Å²) in [7, 11) is -3.71. The van der Waals surface area contributed by atoms with Crippen molar-refractivity contribution in [3.8, 4) is 0 Å². The maximum absolute atomic E-state index is 12.6. The summed E-state index contributed by atoms with van der Waals surface area (Å²) in [4.78, 5) is 0.157. The van der Waals surface area contributed by atoms with Crippen molar-refractivity contribution >= 4 is 31.6 Å². The van der Waals surface area contributed by atoms with Gasteiger partial charge in [0.1, 0.15) is 16.4 Å². The second-order valence-corrected chi connectivity index (χ2v) is 8.14. The Hall–Kier alpha value is -1.35. The molecule has 2 aromatic rings. The third-order valence-corrected chi connectivity index (χ3v) is 5.90. The average Bonchev–Trinajstić information content (AvgIpc) is 3.07. The predicted octanol–water partition coefficient (Wildman–Crippen LogP) is 3.08. The molecule has 8 heteroatoms. The van der Waals surface area contributed by atoms with Gasteiger partial charge in [-0.25, -0.2) is 13.8 Å². The number of aryl methyl sites for hydroxylation is 1. The predicted molar refractivity (Wildman–Crippen MR) is 91.5 cm³/mol. The lowest BCUT2D eigenvalue weighted by Crippen LogP contribution is -2.28. The second kappa shape index (κ2) is 6.27. The summed E-state index contributed by atoms with van der Waals surface area (Å²) in [6, 6.07) is 8.93. The van der Waals surface area contributed by atoms with Gasteiger partial charge < -0.3 is 4.42 Å². The van der Waals surface area contributed by atoms with Crippen molar-refractivity contribution in [2.24, 2.45) is 0 Å². The van der Waals surface area contributed by atoms with E-state index >= 15 is 0 Å². The lowest BCUT2D eigenvalue weighted by atomic mass is 10.1. The van der Waals surface area contributed by atoms with Gasteiger partial charge in [-0.2, -0.15) is 0 Å². The molecule has 0 aliphatic carbocycles. The first-order chi connectivity index (χ1) is 10.9. The van der Waals surface area contributed by atoms with Crippen LogP contribution in [0.2, 0.25) is 0 Å². The number of rotatable bonds is 4. The molecule has 124 valence electrons. The number of benzene rings is 1. The molecule has 0 radical (unpaired) electrons. The SMILES string of the molecule is Cc1oc(C2CC(C)NN2)cc1S(=O)(=O)Nc1ccccc1Br. The van der Waals surface area contributed by atoms with Crippen molar-refractivity contribution in [2.45, 2.75) is 37.2 Å². The van der Waals surface area contributed by atoms with Crippen LogP contribution in [0.1, 0.15) is 30.9 Å². The number of anilines is 1. The molecule has 0 amide bonds. The van der Waals surface area contributed by atoms with Crippen LogP contribution in [0.5, 0.6) is 0 Å². The summed E-state index contributed by atoms with van der Waals surface area (Å²) in [5, 5.41) is 0. The zero-order valence-corrected chi connectivity index (χ0v) is 15.2. The number of furan rings is 1. The normalized spacial score (nSPS) is 21.5. The molecule has 1 aromatic heterocycles. The number of nitrogens with one attached hydrogen (secondary N) is 3. The van der Waals surface area contributed by atoms with E-state index in [-0.39, 0.29) is 10.9 Å². The van der Waals surface area contributed by atoms with E-state index in [0.717, 1.165) is 6.42 Å². The van der Waals surface area contributed by atoms with Gasteiger partial charge in [0, 0.05) is 16.6 Å². The van der Waals surface area contributed by atoms with E-state index in [0.29, 0.717) is 27.7 Å². The van der Waals surface area contributed by atoms with Gasteiger partial charge in [-0.05, 0) is 48.3 Å². The molecule has 2 unspecified atom stereocenters. The molecule has 1 saturated heterocycles. The molecule has 3 N–H and O–H groups in total. The Morgan fingerprint density at radius 2 is 2.04 bits per heavy atom. The van der Waals surface area contributed by atoms with Crippen LogP contribution in [0, 0.1) is 6.92 Å². The molecule has 3 rings (SSSR count). The smallest absolute Gasteiger partial charge is 0.265 e. The first-order valence-electron chi connectivity index (χ1n) is 7.25. The van der Waals surface area contributed by atoms with Crippen LogP contribution in [0.25, 0.3) is 0 Å². The number of sulfonamides is 1. The molecule has 1 aromatic carbocycles. The van der Waals surface area contributed by atoms with Crippen molar-refractivity contribution in [1.82, 2.24) is 10.9 Å². The van der Waals surface area contributed by atoms with E-state index in [4.69, 9.17) is 4.42 Å². The fraction of sp³-hybridized carbons (Fsp3) is 0.333. The van der Waals surface area contributed by atoms with Crippen LogP contribution in [-0.4, -0.2) is 14.5 Å². The quantitative estimate of drug-likeness (QED) is 0.735. The Morgan fingerprint density at radius 1 is 1.30 bits per heavy atom. The van der Waals surface area contributed by atoms with E-state index in [1.807, 2.05) is 6.07 Å². The monoisotopic (exact) mass is 399 g/mol. The highest BCUT2D eigenvalue weighted by Gasteiger charge is 2.29. The summed E-state index contributed by atoms with van der Waals surface area (Å²) < 4.78 is 34.2. The van der Waals surface area contributed by atoms with Crippen LogP contribution in [0.15, 0.2) is 44.1 Å². The molecule has 0 saturated carbocycles. The summed E-state index contributed by atoms with van der Waals surface area (Å²) in [5.41, 5.74) is 6.70. The molecule has 1 aliphatic heterocycles. The Bertz CT molecular complexity index is 819. The van der Waals surface area contributed by atoms with Crippen molar-refractivity contribution in [3.05, 3.63) is 46.3 Å². The minimum atomic E-state index is -3.71. The lowest BCUT2D eigenvalue weighted by Gasteiger charge is -2.08. The number of hydrazine groups is 1. The third kappa shape index (κ3) is 3.45. The van der Waals surface area contributed by atoms with E-state index in [1.165, 1.54) is 0 Å². The van der Waals surface area contributed by atoms with E-state index in [2.05, 4.69) is 38.4 Å². The molecule has 1 aliphatic rings. The summed E-state index contributed by atoms with van der Waals surface area (Å²) in [5.74, 6) is 0.993. The van der Waals surface area contributed by atoms with Crippen LogP contribution in [0.4, 0.5) is 5.69 Å².